The normalized spacial score (nSPS) is 12.3. The first-order valence-corrected chi connectivity index (χ1v) is 6.77. The lowest BCUT2D eigenvalue weighted by Crippen LogP contribution is -2.22. The molecule has 5 heteroatoms. The van der Waals surface area contributed by atoms with Crippen LogP contribution in [-0.2, 0) is 0 Å². The summed E-state index contributed by atoms with van der Waals surface area (Å²) in [5.74, 6) is 0. The average molecular weight is 266 g/mol. The summed E-state index contributed by atoms with van der Waals surface area (Å²) in [6.45, 7) is 3.12. The number of nitro groups is 1. The van der Waals surface area contributed by atoms with E-state index in [2.05, 4.69) is 12.2 Å². The summed E-state index contributed by atoms with van der Waals surface area (Å²) in [5.41, 5.74) is 1.09. The van der Waals surface area contributed by atoms with E-state index in [1.165, 1.54) is 6.07 Å². The first-order chi connectivity index (χ1) is 9.19. The second kappa shape index (κ2) is 8.61. The van der Waals surface area contributed by atoms with Crippen LogP contribution >= 0.6 is 0 Å². The van der Waals surface area contributed by atoms with Crippen LogP contribution in [0.4, 0.5) is 5.69 Å². The number of aliphatic hydroxyl groups is 1. The number of nitrogens with zero attached hydrogens (tertiary/aromatic N) is 1. The van der Waals surface area contributed by atoms with E-state index in [1.54, 1.807) is 12.1 Å². The van der Waals surface area contributed by atoms with Crippen LogP contribution in [0, 0.1) is 10.1 Å². The molecule has 0 heterocycles. The summed E-state index contributed by atoms with van der Waals surface area (Å²) < 4.78 is 0. The van der Waals surface area contributed by atoms with Crippen molar-refractivity contribution in [3.63, 3.8) is 0 Å². The zero-order chi connectivity index (χ0) is 14.1. The van der Waals surface area contributed by atoms with E-state index in [4.69, 9.17) is 5.11 Å². The van der Waals surface area contributed by atoms with Gasteiger partial charge in [-0.3, -0.25) is 10.1 Å². The number of nitro benzene ring substituents is 1. The first-order valence-electron chi connectivity index (χ1n) is 6.77. The van der Waals surface area contributed by atoms with Crippen LogP contribution < -0.4 is 5.32 Å². The first kappa shape index (κ1) is 15.6. The number of hydrogen-bond donors (Lipinski definition) is 2. The van der Waals surface area contributed by atoms with Gasteiger partial charge in [0.2, 0.25) is 0 Å². The van der Waals surface area contributed by atoms with Gasteiger partial charge in [-0.2, -0.15) is 0 Å². The molecular formula is C14H22N2O3. The van der Waals surface area contributed by atoms with E-state index in [1.807, 2.05) is 6.07 Å². The summed E-state index contributed by atoms with van der Waals surface area (Å²) in [5, 5.41) is 22.9. The van der Waals surface area contributed by atoms with Crippen molar-refractivity contribution in [2.75, 3.05) is 13.2 Å². The van der Waals surface area contributed by atoms with Crippen LogP contribution in [0.2, 0.25) is 0 Å². The molecule has 0 saturated carbocycles. The Morgan fingerprint density at radius 2 is 2.21 bits per heavy atom. The van der Waals surface area contributed by atoms with E-state index in [9.17, 15) is 10.1 Å². The van der Waals surface area contributed by atoms with Gasteiger partial charge in [-0.05, 0) is 31.4 Å². The Morgan fingerprint density at radius 3 is 2.84 bits per heavy atom. The lowest BCUT2D eigenvalue weighted by Gasteiger charge is -2.18. The zero-order valence-corrected chi connectivity index (χ0v) is 11.3. The summed E-state index contributed by atoms with van der Waals surface area (Å²) in [4.78, 5) is 10.4. The number of hydrogen-bond acceptors (Lipinski definition) is 4. The Kier molecular flexibility index (Phi) is 7.07. The Labute approximate surface area is 113 Å². The lowest BCUT2D eigenvalue weighted by molar-refractivity contribution is -0.384. The molecule has 0 spiro atoms. The third-order valence-corrected chi connectivity index (χ3v) is 3.04. The monoisotopic (exact) mass is 266 g/mol. The third-order valence-electron chi connectivity index (χ3n) is 3.04. The highest BCUT2D eigenvalue weighted by Crippen LogP contribution is 2.22. The molecular weight excluding hydrogens is 244 g/mol. The smallest absolute Gasteiger partial charge is 0.269 e. The minimum Gasteiger partial charge on any atom is -0.396 e. The van der Waals surface area contributed by atoms with Gasteiger partial charge in [0.25, 0.3) is 5.69 Å². The van der Waals surface area contributed by atoms with Crippen molar-refractivity contribution in [1.82, 2.24) is 5.32 Å². The molecule has 1 rings (SSSR count). The summed E-state index contributed by atoms with van der Waals surface area (Å²) >= 11 is 0. The molecule has 0 amide bonds. The Morgan fingerprint density at radius 1 is 1.42 bits per heavy atom. The van der Waals surface area contributed by atoms with Crippen molar-refractivity contribution < 1.29 is 10.0 Å². The molecule has 0 bridgehead atoms. The summed E-state index contributed by atoms with van der Waals surface area (Å²) in [7, 11) is 0. The topological polar surface area (TPSA) is 75.4 Å². The van der Waals surface area contributed by atoms with Crippen molar-refractivity contribution in [2.24, 2.45) is 0 Å². The van der Waals surface area contributed by atoms with Crippen LogP contribution in [0.3, 0.4) is 0 Å². The molecule has 2 N–H and O–H groups in total. The quantitative estimate of drug-likeness (QED) is 0.409. The van der Waals surface area contributed by atoms with Gasteiger partial charge >= 0.3 is 0 Å². The van der Waals surface area contributed by atoms with Gasteiger partial charge in [0.15, 0.2) is 0 Å². The molecule has 0 saturated heterocycles. The maximum Gasteiger partial charge on any atom is 0.269 e. The molecule has 1 unspecified atom stereocenters. The van der Waals surface area contributed by atoms with E-state index in [0.29, 0.717) is 0 Å². The molecule has 1 atom stereocenters. The SMILES string of the molecule is CCCC(NCCCCO)c1cccc([N+](=O)[O-])c1. The standard InChI is InChI=1S/C14H22N2O3/c1-2-6-14(15-9-3-4-10-17)12-7-5-8-13(11-12)16(18)19/h5,7-8,11,14-15,17H,2-4,6,9-10H2,1H3. The number of benzene rings is 1. The van der Waals surface area contributed by atoms with Crippen molar-refractivity contribution in [3.05, 3.63) is 39.9 Å². The predicted molar refractivity (Wildman–Crippen MR) is 75.1 cm³/mol. The highest BCUT2D eigenvalue weighted by Gasteiger charge is 2.13. The zero-order valence-electron chi connectivity index (χ0n) is 11.3. The van der Waals surface area contributed by atoms with Gasteiger partial charge in [-0.1, -0.05) is 25.5 Å². The predicted octanol–water partition coefficient (Wildman–Crippen LogP) is 2.80. The van der Waals surface area contributed by atoms with Crippen LogP contribution in [0.5, 0.6) is 0 Å². The van der Waals surface area contributed by atoms with Crippen LogP contribution in [0.25, 0.3) is 0 Å². The molecule has 0 aromatic heterocycles. The van der Waals surface area contributed by atoms with Crippen molar-refractivity contribution in [1.29, 1.82) is 0 Å². The van der Waals surface area contributed by atoms with Gasteiger partial charge in [-0.25, -0.2) is 0 Å². The summed E-state index contributed by atoms with van der Waals surface area (Å²) in [6, 6.07) is 6.94. The molecule has 106 valence electrons. The Bertz CT molecular complexity index is 396. The number of rotatable bonds is 9. The second-order valence-electron chi connectivity index (χ2n) is 4.58. The molecule has 1 aromatic rings. The highest BCUT2D eigenvalue weighted by molar-refractivity contribution is 5.35. The van der Waals surface area contributed by atoms with Gasteiger partial charge in [-0.15, -0.1) is 0 Å². The molecule has 0 aliphatic heterocycles. The van der Waals surface area contributed by atoms with Gasteiger partial charge in [0, 0.05) is 24.8 Å². The maximum atomic E-state index is 10.8. The van der Waals surface area contributed by atoms with Crippen LogP contribution in [0.15, 0.2) is 24.3 Å². The molecule has 0 radical (unpaired) electrons. The molecule has 0 fully saturated rings. The maximum absolute atomic E-state index is 10.8. The molecule has 0 aliphatic carbocycles. The molecule has 1 aromatic carbocycles. The molecule has 19 heavy (non-hydrogen) atoms. The van der Waals surface area contributed by atoms with Gasteiger partial charge in [0.1, 0.15) is 0 Å². The van der Waals surface area contributed by atoms with E-state index >= 15 is 0 Å². The average Bonchev–Trinajstić information content (AvgIpc) is 2.42. The fraction of sp³-hybridized carbons (Fsp3) is 0.571. The Hall–Kier alpha value is -1.46. The van der Waals surface area contributed by atoms with Gasteiger partial charge in [0.05, 0.1) is 4.92 Å². The third kappa shape index (κ3) is 5.36. The number of aliphatic hydroxyl groups excluding tert-OH is 1. The number of unbranched alkanes of at least 4 members (excludes halogenated alkanes) is 1. The minimum atomic E-state index is -0.363. The minimum absolute atomic E-state index is 0.135. The van der Waals surface area contributed by atoms with Crippen molar-refractivity contribution in [2.45, 2.75) is 38.6 Å². The van der Waals surface area contributed by atoms with E-state index in [-0.39, 0.29) is 23.3 Å². The fourth-order valence-electron chi connectivity index (χ4n) is 2.04. The summed E-state index contributed by atoms with van der Waals surface area (Å²) in [6.07, 6.45) is 3.65. The molecule has 0 aliphatic rings. The fourth-order valence-corrected chi connectivity index (χ4v) is 2.04. The van der Waals surface area contributed by atoms with Crippen molar-refractivity contribution >= 4 is 5.69 Å². The van der Waals surface area contributed by atoms with E-state index < -0.39 is 0 Å². The number of non-ortho nitro benzene ring substituents is 1. The second-order valence-corrected chi connectivity index (χ2v) is 4.58. The van der Waals surface area contributed by atoms with Crippen molar-refractivity contribution in [3.8, 4) is 0 Å². The van der Waals surface area contributed by atoms with Crippen LogP contribution in [-0.4, -0.2) is 23.2 Å². The molecule has 5 nitrogen and oxygen atoms in total. The van der Waals surface area contributed by atoms with E-state index in [0.717, 1.165) is 37.8 Å². The van der Waals surface area contributed by atoms with Gasteiger partial charge < -0.3 is 10.4 Å². The lowest BCUT2D eigenvalue weighted by atomic mass is 10.0. The Balaban J connectivity index is 2.68. The van der Waals surface area contributed by atoms with Crippen LogP contribution in [0.1, 0.15) is 44.2 Å². The highest BCUT2D eigenvalue weighted by atomic mass is 16.6. The largest absolute Gasteiger partial charge is 0.396 e. The number of nitrogens with one attached hydrogen (secondary N) is 1.